The third kappa shape index (κ3) is 13.8. The van der Waals surface area contributed by atoms with Crippen LogP contribution in [0.3, 0.4) is 0 Å². The molecule has 232 valence electrons. The number of amides is 3. The molecule has 42 heavy (non-hydrogen) atoms. The van der Waals surface area contributed by atoms with Crippen LogP contribution in [0.25, 0.3) is 0 Å². The van der Waals surface area contributed by atoms with Crippen LogP contribution in [0.2, 0.25) is 5.02 Å². The van der Waals surface area contributed by atoms with E-state index in [1.165, 1.54) is 0 Å². The molecule has 2 aromatic carbocycles. The number of carbonyl (C=O) groups is 3. The van der Waals surface area contributed by atoms with E-state index >= 15 is 0 Å². The van der Waals surface area contributed by atoms with E-state index in [4.69, 9.17) is 25.4 Å². The lowest BCUT2D eigenvalue weighted by molar-refractivity contribution is -0.124. The van der Waals surface area contributed by atoms with Gasteiger partial charge in [-0.05, 0) is 62.8 Å². The van der Waals surface area contributed by atoms with Crippen LogP contribution in [0.4, 0.5) is 4.79 Å². The Bertz CT molecular complexity index is 1160. The molecule has 0 saturated carbocycles. The molecule has 0 fully saturated rings. The maximum Gasteiger partial charge on any atom is 0.408 e. The Morgan fingerprint density at radius 2 is 1.64 bits per heavy atom. The second-order valence-electron chi connectivity index (χ2n) is 9.43. The summed E-state index contributed by atoms with van der Waals surface area (Å²) in [4.78, 5) is 38.0. The Morgan fingerprint density at radius 3 is 2.29 bits per heavy atom. The van der Waals surface area contributed by atoms with Crippen molar-refractivity contribution < 1.29 is 37.8 Å². The third-order valence-electron chi connectivity index (χ3n) is 5.99. The molecule has 0 aromatic heterocycles. The van der Waals surface area contributed by atoms with E-state index in [-0.39, 0.29) is 45.6 Å². The number of benzene rings is 2. The minimum absolute atomic E-state index is 0.0361. The van der Waals surface area contributed by atoms with Crippen LogP contribution >= 0.6 is 19.2 Å². The van der Waals surface area contributed by atoms with Gasteiger partial charge in [0.2, 0.25) is 11.8 Å². The molecule has 0 aliphatic carbocycles. The molecule has 13 heteroatoms. The number of rotatable bonds is 19. The lowest BCUT2D eigenvalue weighted by atomic mass is 10.0. The highest BCUT2D eigenvalue weighted by atomic mass is 35.5. The fourth-order valence-electron chi connectivity index (χ4n) is 4.04. The minimum Gasteiger partial charge on any atom is -0.445 e. The largest absolute Gasteiger partial charge is 0.445 e. The summed E-state index contributed by atoms with van der Waals surface area (Å²) >= 11 is 6.06. The SMILES string of the molecule is CCOP(=O)(CC(=O)NCCCCC(NC(=O)OCc1ccccc1)C(=O)N[C@H](CO)Cc1cccc(Cl)c1)OCC. The number of alkyl carbamates (subject to hydrolysis) is 1. The van der Waals surface area contributed by atoms with E-state index in [2.05, 4.69) is 16.0 Å². The molecule has 4 N–H and O–H groups in total. The second kappa shape index (κ2) is 19.3. The van der Waals surface area contributed by atoms with Crippen molar-refractivity contribution in [3.63, 3.8) is 0 Å². The van der Waals surface area contributed by atoms with Gasteiger partial charge in [0.05, 0.1) is 25.9 Å². The molecular weight excluding hydrogens is 585 g/mol. The summed E-state index contributed by atoms with van der Waals surface area (Å²) in [6.07, 6.45) is 0.385. The second-order valence-corrected chi connectivity index (χ2v) is 11.9. The normalized spacial score (nSPS) is 12.7. The van der Waals surface area contributed by atoms with Crippen LogP contribution in [0, 0.1) is 0 Å². The molecule has 11 nitrogen and oxygen atoms in total. The van der Waals surface area contributed by atoms with Crippen molar-refractivity contribution in [2.24, 2.45) is 0 Å². The van der Waals surface area contributed by atoms with Gasteiger partial charge in [-0.2, -0.15) is 0 Å². The molecule has 0 saturated heterocycles. The molecule has 2 rings (SSSR count). The van der Waals surface area contributed by atoms with Crippen LogP contribution in [-0.2, 0) is 41.0 Å². The van der Waals surface area contributed by atoms with Crippen LogP contribution < -0.4 is 16.0 Å². The molecule has 0 bridgehead atoms. The number of aliphatic hydroxyl groups is 1. The summed E-state index contributed by atoms with van der Waals surface area (Å²) in [7, 11) is -3.50. The topological polar surface area (TPSA) is 152 Å². The van der Waals surface area contributed by atoms with Crippen molar-refractivity contribution in [2.45, 2.75) is 58.2 Å². The Balaban J connectivity index is 1.93. The van der Waals surface area contributed by atoms with Crippen molar-refractivity contribution in [3.05, 3.63) is 70.7 Å². The zero-order valence-corrected chi connectivity index (χ0v) is 25.7. The molecule has 0 aliphatic rings. The van der Waals surface area contributed by atoms with Gasteiger partial charge in [0.1, 0.15) is 18.8 Å². The van der Waals surface area contributed by atoms with Gasteiger partial charge in [0.15, 0.2) is 0 Å². The lowest BCUT2D eigenvalue weighted by Gasteiger charge is -2.22. The average molecular weight is 626 g/mol. The number of ether oxygens (including phenoxy) is 1. The molecule has 0 radical (unpaired) electrons. The first kappa shape index (κ1) is 35.2. The summed E-state index contributed by atoms with van der Waals surface area (Å²) in [6.45, 7) is 3.63. The summed E-state index contributed by atoms with van der Waals surface area (Å²) in [6, 6.07) is 14.7. The van der Waals surface area contributed by atoms with Gasteiger partial charge in [0, 0.05) is 11.6 Å². The summed E-state index contributed by atoms with van der Waals surface area (Å²) in [5.41, 5.74) is 1.63. The monoisotopic (exact) mass is 625 g/mol. The molecule has 1 unspecified atom stereocenters. The van der Waals surface area contributed by atoms with Crippen molar-refractivity contribution in [3.8, 4) is 0 Å². The first-order valence-electron chi connectivity index (χ1n) is 14.0. The quantitative estimate of drug-likeness (QED) is 0.134. The number of hydrogen-bond acceptors (Lipinski definition) is 8. The highest BCUT2D eigenvalue weighted by Gasteiger charge is 2.27. The zero-order chi connectivity index (χ0) is 30.8. The van der Waals surface area contributed by atoms with E-state index in [1.54, 1.807) is 32.0 Å². The molecule has 3 amide bonds. The van der Waals surface area contributed by atoms with Gasteiger partial charge in [-0.15, -0.1) is 0 Å². The van der Waals surface area contributed by atoms with Crippen LogP contribution in [-0.4, -0.2) is 67.6 Å². The van der Waals surface area contributed by atoms with Gasteiger partial charge in [0.25, 0.3) is 0 Å². The summed E-state index contributed by atoms with van der Waals surface area (Å²) in [5, 5.41) is 18.5. The van der Waals surface area contributed by atoms with Crippen LogP contribution in [0.15, 0.2) is 54.6 Å². The fourth-order valence-corrected chi connectivity index (χ4v) is 5.76. The lowest BCUT2D eigenvalue weighted by Crippen LogP contribution is -2.51. The zero-order valence-electron chi connectivity index (χ0n) is 24.1. The Kier molecular flexibility index (Phi) is 16.2. The van der Waals surface area contributed by atoms with Gasteiger partial charge in [-0.1, -0.05) is 54.1 Å². The van der Waals surface area contributed by atoms with E-state index in [1.807, 2.05) is 36.4 Å². The molecule has 0 aliphatic heterocycles. The first-order chi connectivity index (χ1) is 20.2. The van der Waals surface area contributed by atoms with E-state index < -0.39 is 37.6 Å². The predicted molar refractivity (Wildman–Crippen MR) is 160 cm³/mol. The smallest absolute Gasteiger partial charge is 0.408 e. The highest BCUT2D eigenvalue weighted by molar-refractivity contribution is 7.54. The van der Waals surface area contributed by atoms with Crippen LogP contribution in [0.1, 0.15) is 44.2 Å². The number of unbranched alkanes of at least 4 members (excludes halogenated alkanes) is 1. The number of halogens is 1. The van der Waals surface area contributed by atoms with Gasteiger partial charge >= 0.3 is 13.7 Å². The molecule has 2 aromatic rings. The van der Waals surface area contributed by atoms with Crippen molar-refractivity contribution in [1.29, 1.82) is 0 Å². The van der Waals surface area contributed by atoms with Crippen LogP contribution in [0.5, 0.6) is 0 Å². The van der Waals surface area contributed by atoms with E-state index in [0.29, 0.717) is 24.3 Å². The minimum atomic E-state index is -3.50. The first-order valence-corrected chi connectivity index (χ1v) is 16.1. The van der Waals surface area contributed by atoms with Gasteiger partial charge < -0.3 is 34.8 Å². The van der Waals surface area contributed by atoms with Crippen molar-refractivity contribution in [2.75, 3.05) is 32.5 Å². The molecular formula is C29H41ClN3O8P. The molecule has 0 heterocycles. The maximum atomic E-state index is 13.2. The number of hydrogen-bond donors (Lipinski definition) is 4. The summed E-state index contributed by atoms with van der Waals surface area (Å²) < 4.78 is 28.1. The Morgan fingerprint density at radius 1 is 0.952 bits per heavy atom. The average Bonchev–Trinajstić information content (AvgIpc) is 2.95. The number of aliphatic hydroxyl groups excluding tert-OH is 1. The molecule has 2 atom stereocenters. The Hall–Kier alpha value is -2.95. The standard InChI is InChI=1S/C29H41ClN3O8P/c1-3-40-42(38,41-4-2)21-27(35)31-16-9-8-15-26(33-29(37)39-20-22-11-6-5-7-12-22)28(36)32-25(19-34)18-23-13-10-14-24(30)17-23/h5-7,10-14,17,25-26,34H,3-4,8-9,15-16,18-21H2,1-2H3,(H,31,35)(H,32,36)(H,33,37)/t25-,26?/m0/s1. The van der Waals surface area contributed by atoms with E-state index in [0.717, 1.165) is 11.1 Å². The number of nitrogens with one attached hydrogen (secondary N) is 3. The maximum absolute atomic E-state index is 13.2. The van der Waals surface area contributed by atoms with Crippen molar-refractivity contribution >= 4 is 37.1 Å². The van der Waals surface area contributed by atoms with Gasteiger partial charge in [-0.3, -0.25) is 14.2 Å². The van der Waals surface area contributed by atoms with Gasteiger partial charge in [-0.25, -0.2) is 4.79 Å². The van der Waals surface area contributed by atoms with Crippen molar-refractivity contribution in [1.82, 2.24) is 16.0 Å². The Labute approximate surface area is 252 Å². The highest BCUT2D eigenvalue weighted by Crippen LogP contribution is 2.47. The fraction of sp³-hybridized carbons (Fsp3) is 0.483. The molecule has 0 spiro atoms. The predicted octanol–water partition coefficient (Wildman–Crippen LogP) is 4.21. The number of carbonyl (C=O) groups excluding carboxylic acids is 3. The third-order valence-corrected chi connectivity index (χ3v) is 8.20. The van der Waals surface area contributed by atoms with E-state index in [9.17, 15) is 24.1 Å². The summed E-state index contributed by atoms with van der Waals surface area (Å²) in [5.74, 6) is -0.949.